The Hall–Kier alpha value is -3.54. The van der Waals surface area contributed by atoms with E-state index in [-0.39, 0.29) is 30.1 Å². The first-order valence-corrected chi connectivity index (χ1v) is 13.9. The zero-order valence-electron chi connectivity index (χ0n) is 21.5. The number of benzene rings is 2. The second-order valence-corrected chi connectivity index (χ2v) is 11.7. The van der Waals surface area contributed by atoms with E-state index in [1.165, 1.54) is 11.0 Å². The summed E-state index contributed by atoms with van der Waals surface area (Å²) in [5, 5.41) is 17.5. The molecule has 4 rings (SSSR count). The smallest absolute Gasteiger partial charge is 0.326 e. The van der Waals surface area contributed by atoms with E-state index in [4.69, 9.17) is 11.1 Å². The highest BCUT2D eigenvalue weighted by molar-refractivity contribution is 7.89. The van der Waals surface area contributed by atoms with Gasteiger partial charge in [0.2, 0.25) is 15.9 Å². The molecule has 10 nitrogen and oxygen atoms in total. The van der Waals surface area contributed by atoms with Gasteiger partial charge in [-0.1, -0.05) is 35.9 Å². The number of aliphatic carboxylic acids is 1. The number of rotatable bonds is 8. The van der Waals surface area contributed by atoms with Crippen LogP contribution in [0.15, 0.2) is 59.0 Å². The van der Waals surface area contributed by atoms with E-state index in [1.807, 2.05) is 13.1 Å². The van der Waals surface area contributed by atoms with Gasteiger partial charge in [0.05, 0.1) is 4.90 Å². The van der Waals surface area contributed by atoms with Crippen molar-refractivity contribution in [2.24, 2.45) is 5.73 Å². The summed E-state index contributed by atoms with van der Waals surface area (Å²) in [6, 6.07) is 9.28. The van der Waals surface area contributed by atoms with Crippen molar-refractivity contribution >= 4 is 27.7 Å². The number of amides is 1. The van der Waals surface area contributed by atoms with E-state index < -0.39 is 34.0 Å². The molecule has 0 saturated carbocycles. The molecule has 11 heteroatoms. The van der Waals surface area contributed by atoms with Crippen LogP contribution < -0.4 is 10.5 Å². The number of sulfonamides is 1. The molecule has 38 heavy (non-hydrogen) atoms. The van der Waals surface area contributed by atoms with E-state index in [9.17, 15) is 23.1 Å². The van der Waals surface area contributed by atoms with Gasteiger partial charge in [-0.25, -0.2) is 13.2 Å². The average molecular weight is 540 g/mol. The molecule has 2 aliphatic rings. The highest BCUT2D eigenvalue weighted by Crippen LogP contribution is 2.24. The monoisotopic (exact) mass is 539 g/mol. The lowest BCUT2D eigenvalue weighted by atomic mass is 9.98. The van der Waals surface area contributed by atoms with E-state index in [1.54, 1.807) is 43.3 Å². The maximum absolute atomic E-state index is 13.8. The quantitative estimate of drug-likeness (QED) is 0.225. The molecule has 2 aromatic rings. The molecular weight excluding hydrogens is 506 g/mol. The lowest BCUT2D eigenvalue weighted by Gasteiger charge is -2.34. The number of nitrogens with zero attached hydrogens (tertiary/aromatic N) is 2. The number of carboxylic acids is 1. The van der Waals surface area contributed by atoms with Crippen LogP contribution in [0.2, 0.25) is 0 Å². The normalized spacial score (nSPS) is 18.8. The SMILES string of the molecule is CC1=CCN(C(=O)[C@H](Cc2cccc(C(=N)N)c2)NS(=O)(=O)c2ccc3c(c2)CN(C)CC3)[C@@H](C(=O)O)C1. The Morgan fingerprint density at radius 3 is 2.68 bits per heavy atom. The van der Waals surface area contributed by atoms with Crippen molar-refractivity contribution in [3.05, 3.63) is 76.4 Å². The number of carbonyl (C=O) groups excluding carboxylic acids is 1. The summed E-state index contributed by atoms with van der Waals surface area (Å²) in [6.07, 6.45) is 2.72. The fourth-order valence-electron chi connectivity index (χ4n) is 4.92. The Kier molecular flexibility index (Phi) is 8.00. The first-order chi connectivity index (χ1) is 17.9. The summed E-state index contributed by atoms with van der Waals surface area (Å²) in [7, 11) is -2.16. The zero-order chi connectivity index (χ0) is 27.6. The molecule has 0 radical (unpaired) electrons. The van der Waals surface area contributed by atoms with Gasteiger partial charge in [-0.15, -0.1) is 0 Å². The minimum atomic E-state index is -4.13. The van der Waals surface area contributed by atoms with Crippen molar-refractivity contribution in [3.8, 4) is 0 Å². The van der Waals surface area contributed by atoms with Gasteiger partial charge in [-0.3, -0.25) is 10.2 Å². The first-order valence-electron chi connectivity index (χ1n) is 12.4. The summed E-state index contributed by atoms with van der Waals surface area (Å²) in [6.45, 7) is 3.39. The molecule has 0 aliphatic carbocycles. The molecule has 2 aromatic carbocycles. The molecule has 0 fully saturated rings. The number of amidine groups is 1. The van der Waals surface area contributed by atoms with Crippen LogP contribution in [0.1, 0.15) is 35.6 Å². The molecule has 1 amide bonds. The van der Waals surface area contributed by atoms with Crippen molar-refractivity contribution in [1.82, 2.24) is 14.5 Å². The molecule has 2 heterocycles. The molecule has 0 bridgehead atoms. The van der Waals surface area contributed by atoms with Gasteiger partial charge in [0.1, 0.15) is 17.9 Å². The lowest BCUT2D eigenvalue weighted by molar-refractivity contribution is -0.150. The van der Waals surface area contributed by atoms with Crippen molar-refractivity contribution in [2.75, 3.05) is 20.1 Å². The van der Waals surface area contributed by atoms with Gasteiger partial charge in [0.15, 0.2) is 0 Å². The summed E-state index contributed by atoms with van der Waals surface area (Å²) in [4.78, 5) is 29.1. The van der Waals surface area contributed by atoms with Crippen LogP contribution >= 0.6 is 0 Å². The number of carboxylic acid groups (broad SMARTS) is 1. The third-order valence-electron chi connectivity index (χ3n) is 7.06. The van der Waals surface area contributed by atoms with Crippen LogP contribution in [0.3, 0.4) is 0 Å². The predicted octanol–water partition coefficient (Wildman–Crippen LogP) is 1.48. The number of nitrogen functional groups attached to an aromatic ring is 1. The van der Waals surface area contributed by atoms with Crippen LogP contribution in [0.5, 0.6) is 0 Å². The van der Waals surface area contributed by atoms with Crippen LogP contribution in [0.4, 0.5) is 0 Å². The lowest BCUT2D eigenvalue weighted by Crippen LogP contribution is -2.55. The van der Waals surface area contributed by atoms with Crippen LogP contribution in [-0.4, -0.2) is 73.3 Å². The van der Waals surface area contributed by atoms with E-state index in [2.05, 4.69) is 9.62 Å². The summed E-state index contributed by atoms with van der Waals surface area (Å²) >= 11 is 0. The van der Waals surface area contributed by atoms with E-state index in [0.717, 1.165) is 29.7 Å². The largest absolute Gasteiger partial charge is 0.480 e. The average Bonchev–Trinajstić information content (AvgIpc) is 2.87. The molecule has 0 aromatic heterocycles. The van der Waals surface area contributed by atoms with Crippen molar-refractivity contribution in [1.29, 1.82) is 5.41 Å². The molecule has 0 spiro atoms. The Morgan fingerprint density at radius 2 is 1.97 bits per heavy atom. The molecule has 2 aliphatic heterocycles. The number of hydrogen-bond donors (Lipinski definition) is 4. The Morgan fingerprint density at radius 1 is 1.21 bits per heavy atom. The van der Waals surface area contributed by atoms with Gasteiger partial charge in [0, 0.05) is 25.2 Å². The molecule has 0 saturated heterocycles. The maximum atomic E-state index is 13.8. The van der Waals surface area contributed by atoms with Crippen molar-refractivity contribution in [2.45, 2.75) is 49.7 Å². The zero-order valence-corrected chi connectivity index (χ0v) is 22.3. The second kappa shape index (κ2) is 11.1. The number of fused-ring (bicyclic) bond motifs is 1. The van der Waals surface area contributed by atoms with Gasteiger partial charge in [-0.05, 0) is 68.1 Å². The molecule has 0 unspecified atom stereocenters. The molecule has 5 N–H and O–H groups in total. The fourth-order valence-corrected chi connectivity index (χ4v) is 6.16. The first kappa shape index (κ1) is 27.5. The fraction of sp³-hybridized carbons (Fsp3) is 0.370. The maximum Gasteiger partial charge on any atom is 0.326 e. The predicted molar refractivity (Wildman–Crippen MR) is 143 cm³/mol. The second-order valence-electron chi connectivity index (χ2n) is 10.0. The molecular formula is C27H33N5O5S. The number of carbonyl (C=O) groups is 2. The Balaban J connectivity index is 1.68. The summed E-state index contributed by atoms with van der Waals surface area (Å²) in [5.74, 6) is -1.93. The third kappa shape index (κ3) is 6.12. The topological polar surface area (TPSA) is 157 Å². The van der Waals surface area contributed by atoms with Gasteiger partial charge < -0.3 is 20.6 Å². The van der Waals surface area contributed by atoms with Crippen molar-refractivity contribution < 1.29 is 23.1 Å². The van der Waals surface area contributed by atoms with Crippen LogP contribution in [0, 0.1) is 5.41 Å². The van der Waals surface area contributed by atoms with E-state index in [0.29, 0.717) is 17.7 Å². The third-order valence-corrected chi connectivity index (χ3v) is 8.53. The van der Waals surface area contributed by atoms with Gasteiger partial charge in [0.25, 0.3) is 0 Å². The Bertz CT molecular complexity index is 1400. The number of hydrogen-bond acceptors (Lipinski definition) is 6. The van der Waals surface area contributed by atoms with Crippen molar-refractivity contribution in [3.63, 3.8) is 0 Å². The highest BCUT2D eigenvalue weighted by Gasteiger charge is 2.37. The van der Waals surface area contributed by atoms with Gasteiger partial charge >= 0.3 is 5.97 Å². The van der Waals surface area contributed by atoms with Crippen LogP contribution in [-0.2, 0) is 39.0 Å². The minimum Gasteiger partial charge on any atom is -0.480 e. The number of likely N-dealkylation sites (N-methyl/N-ethyl adjacent to an activating group) is 1. The standard InChI is InChI=1S/C27H33N5O5S/c1-17-8-11-32(24(12-17)27(34)35)26(33)23(14-18-4-3-5-20(13-18)25(28)29)30-38(36,37)22-7-6-19-9-10-31(2)16-21(19)15-22/h3-8,13,15,23-24,30H,9-12,14,16H2,1-2H3,(H3,28,29)(H,34,35)/t23-,24+/m0/s1. The van der Waals surface area contributed by atoms with Gasteiger partial charge in [-0.2, -0.15) is 4.72 Å². The minimum absolute atomic E-state index is 0.0433. The number of nitrogens with one attached hydrogen (secondary N) is 2. The summed E-state index contributed by atoms with van der Waals surface area (Å²) in [5.41, 5.74) is 9.51. The van der Waals surface area contributed by atoms with E-state index >= 15 is 0 Å². The van der Waals surface area contributed by atoms with Crippen LogP contribution in [0.25, 0.3) is 0 Å². The number of nitrogens with two attached hydrogens (primary N) is 1. The Labute approximate surface area is 222 Å². The molecule has 202 valence electrons. The highest BCUT2D eigenvalue weighted by atomic mass is 32.2. The molecule has 2 atom stereocenters. The summed E-state index contributed by atoms with van der Waals surface area (Å²) < 4.78 is 29.7.